The van der Waals surface area contributed by atoms with E-state index >= 15 is 0 Å². The SMILES string of the molecule is CCOC(=O)COCCNC(C)C(=O)N(C)C. The number of carbonyl (C=O) groups is 2. The van der Waals surface area contributed by atoms with Gasteiger partial charge in [0.1, 0.15) is 6.61 Å². The minimum atomic E-state index is -0.370. The Kier molecular flexibility index (Phi) is 8.35. The molecule has 0 aliphatic heterocycles. The zero-order valence-corrected chi connectivity index (χ0v) is 11.0. The maximum absolute atomic E-state index is 11.4. The summed E-state index contributed by atoms with van der Waals surface area (Å²) in [5.74, 6) is -0.361. The Labute approximate surface area is 102 Å². The largest absolute Gasteiger partial charge is 0.464 e. The number of rotatable bonds is 8. The van der Waals surface area contributed by atoms with Crippen LogP contribution in [0.15, 0.2) is 0 Å². The number of esters is 1. The molecule has 0 aromatic carbocycles. The summed E-state index contributed by atoms with van der Waals surface area (Å²) in [4.78, 5) is 23.9. The van der Waals surface area contributed by atoms with Crippen molar-refractivity contribution in [3.63, 3.8) is 0 Å². The van der Waals surface area contributed by atoms with Gasteiger partial charge in [-0.2, -0.15) is 0 Å². The molecular weight excluding hydrogens is 224 g/mol. The summed E-state index contributed by atoms with van der Waals surface area (Å²) < 4.78 is 9.77. The predicted octanol–water partition coefficient (Wildman–Crippen LogP) is -0.368. The van der Waals surface area contributed by atoms with Crippen LogP contribution in [0.4, 0.5) is 0 Å². The summed E-state index contributed by atoms with van der Waals surface area (Å²) in [7, 11) is 3.41. The van der Waals surface area contributed by atoms with E-state index < -0.39 is 0 Å². The van der Waals surface area contributed by atoms with Gasteiger partial charge in [-0.15, -0.1) is 0 Å². The molecular formula is C11H22N2O4. The van der Waals surface area contributed by atoms with Crippen molar-refractivity contribution in [1.29, 1.82) is 0 Å². The molecule has 0 aromatic heterocycles. The van der Waals surface area contributed by atoms with Crippen molar-refractivity contribution >= 4 is 11.9 Å². The molecule has 0 spiro atoms. The Morgan fingerprint density at radius 3 is 2.53 bits per heavy atom. The average Bonchev–Trinajstić information content (AvgIpc) is 2.27. The molecule has 1 amide bonds. The third kappa shape index (κ3) is 7.70. The first-order valence-corrected chi connectivity index (χ1v) is 5.67. The van der Waals surface area contributed by atoms with Crippen LogP contribution in [0.1, 0.15) is 13.8 Å². The number of nitrogens with zero attached hydrogens (tertiary/aromatic N) is 1. The fraction of sp³-hybridized carbons (Fsp3) is 0.818. The van der Waals surface area contributed by atoms with E-state index in [1.807, 2.05) is 0 Å². The van der Waals surface area contributed by atoms with Crippen LogP contribution in [0.25, 0.3) is 0 Å². The number of likely N-dealkylation sites (N-methyl/N-ethyl adjacent to an activating group) is 1. The van der Waals surface area contributed by atoms with E-state index in [4.69, 9.17) is 9.47 Å². The summed E-state index contributed by atoms with van der Waals surface area (Å²) in [6.07, 6.45) is 0. The fourth-order valence-corrected chi connectivity index (χ4v) is 1.18. The maximum atomic E-state index is 11.4. The highest BCUT2D eigenvalue weighted by Crippen LogP contribution is 1.88. The van der Waals surface area contributed by atoms with Crippen LogP contribution >= 0.6 is 0 Å². The van der Waals surface area contributed by atoms with Gasteiger partial charge in [0.05, 0.1) is 19.3 Å². The van der Waals surface area contributed by atoms with Crippen LogP contribution in [-0.4, -0.2) is 63.3 Å². The molecule has 0 saturated heterocycles. The summed E-state index contributed by atoms with van der Waals surface area (Å²) in [6.45, 7) is 4.71. The van der Waals surface area contributed by atoms with Gasteiger partial charge in [-0.3, -0.25) is 4.79 Å². The number of carbonyl (C=O) groups excluding carboxylic acids is 2. The molecule has 0 rings (SSSR count). The first-order valence-electron chi connectivity index (χ1n) is 5.67. The molecule has 1 N–H and O–H groups in total. The molecule has 6 nitrogen and oxygen atoms in total. The minimum absolute atomic E-state index is 0.00962. The smallest absolute Gasteiger partial charge is 0.332 e. The first-order chi connectivity index (χ1) is 7.99. The topological polar surface area (TPSA) is 67.9 Å². The fourth-order valence-electron chi connectivity index (χ4n) is 1.18. The quantitative estimate of drug-likeness (QED) is 0.467. The van der Waals surface area contributed by atoms with Gasteiger partial charge in [0.2, 0.25) is 5.91 Å². The molecule has 0 radical (unpaired) electrons. The minimum Gasteiger partial charge on any atom is -0.464 e. The Balaban J connectivity index is 3.52. The molecule has 0 aromatic rings. The standard InChI is InChI=1S/C11H22N2O4/c1-5-17-10(14)8-16-7-6-12-9(2)11(15)13(3)4/h9,12H,5-8H2,1-4H3. The van der Waals surface area contributed by atoms with E-state index in [2.05, 4.69) is 5.32 Å². The van der Waals surface area contributed by atoms with Crippen LogP contribution in [0.5, 0.6) is 0 Å². The van der Waals surface area contributed by atoms with Gasteiger partial charge in [-0.25, -0.2) is 4.79 Å². The van der Waals surface area contributed by atoms with E-state index in [-0.39, 0.29) is 24.5 Å². The van der Waals surface area contributed by atoms with Gasteiger partial charge < -0.3 is 19.7 Å². The van der Waals surface area contributed by atoms with Crippen molar-refractivity contribution in [1.82, 2.24) is 10.2 Å². The molecule has 6 heteroatoms. The Morgan fingerprint density at radius 1 is 1.35 bits per heavy atom. The van der Waals surface area contributed by atoms with Crippen LogP contribution in [-0.2, 0) is 19.1 Å². The van der Waals surface area contributed by atoms with Gasteiger partial charge in [0.25, 0.3) is 0 Å². The Hall–Kier alpha value is -1.14. The first kappa shape index (κ1) is 15.9. The van der Waals surface area contributed by atoms with E-state index in [9.17, 15) is 9.59 Å². The zero-order valence-electron chi connectivity index (χ0n) is 11.0. The zero-order chi connectivity index (χ0) is 13.3. The third-order valence-corrected chi connectivity index (χ3v) is 2.03. The van der Waals surface area contributed by atoms with Crippen molar-refractivity contribution in [3.05, 3.63) is 0 Å². The van der Waals surface area contributed by atoms with Crippen LogP contribution in [0.3, 0.4) is 0 Å². The molecule has 1 unspecified atom stereocenters. The molecule has 0 bridgehead atoms. The van der Waals surface area contributed by atoms with Crippen molar-refractivity contribution in [3.8, 4) is 0 Å². The van der Waals surface area contributed by atoms with E-state index in [1.165, 1.54) is 4.90 Å². The molecule has 100 valence electrons. The van der Waals surface area contributed by atoms with Gasteiger partial charge in [0.15, 0.2) is 0 Å². The molecule has 0 saturated carbocycles. The van der Waals surface area contributed by atoms with Crippen molar-refractivity contribution in [2.75, 3.05) is 40.5 Å². The molecule has 17 heavy (non-hydrogen) atoms. The molecule has 0 fully saturated rings. The molecule has 0 aliphatic rings. The number of ether oxygens (including phenoxy) is 2. The monoisotopic (exact) mass is 246 g/mol. The van der Waals surface area contributed by atoms with Gasteiger partial charge >= 0.3 is 5.97 Å². The van der Waals surface area contributed by atoms with Gasteiger partial charge in [-0.05, 0) is 13.8 Å². The lowest BCUT2D eigenvalue weighted by Crippen LogP contribution is -2.42. The Morgan fingerprint density at radius 2 is 2.00 bits per heavy atom. The molecule has 0 aliphatic carbocycles. The highest BCUT2D eigenvalue weighted by molar-refractivity contribution is 5.80. The molecule has 1 atom stereocenters. The van der Waals surface area contributed by atoms with Crippen LogP contribution < -0.4 is 5.32 Å². The van der Waals surface area contributed by atoms with E-state index in [0.717, 1.165) is 0 Å². The summed E-state index contributed by atoms with van der Waals surface area (Å²) >= 11 is 0. The number of amides is 1. The normalized spacial score (nSPS) is 12.0. The van der Waals surface area contributed by atoms with Crippen molar-refractivity contribution < 1.29 is 19.1 Å². The second-order valence-electron chi connectivity index (χ2n) is 3.77. The van der Waals surface area contributed by atoms with Crippen molar-refractivity contribution in [2.45, 2.75) is 19.9 Å². The van der Waals surface area contributed by atoms with E-state index in [0.29, 0.717) is 19.8 Å². The van der Waals surface area contributed by atoms with E-state index in [1.54, 1.807) is 27.9 Å². The summed E-state index contributed by atoms with van der Waals surface area (Å²) in [6, 6.07) is -0.254. The average molecular weight is 246 g/mol. The lowest BCUT2D eigenvalue weighted by atomic mass is 10.3. The van der Waals surface area contributed by atoms with Crippen LogP contribution in [0.2, 0.25) is 0 Å². The lowest BCUT2D eigenvalue weighted by Gasteiger charge is -2.17. The number of nitrogens with one attached hydrogen (secondary N) is 1. The lowest BCUT2D eigenvalue weighted by molar-refractivity contribution is -0.148. The summed E-state index contributed by atoms with van der Waals surface area (Å²) in [5.41, 5.74) is 0. The second-order valence-corrected chi connectivity index (χ2v) is 3.77. The van der Waals surface area contributed by atoms with Gasteiger partial charge in [0, 0.05) is 20.6 Å². The van der Waals surface area contributed by atoms with Crippen molar-refractivity contribution in [2.24, 2.45) is 0 Å². The highest BCUT2D eigenvalue weighted by atomic mass is 16.6. The second kappa shape index (κ2) is 8.95. The maximum Gasteiger partial charge on any atom is 0.332 e. The Bertz CT molecular complexity index is 244. The summed E-state index contributed by atoms with van der Waals surface area (Å²) in [5, 5.41) is 3.00. The highest BCUT2D eigenvalue weighted by Gasteiger charge is 2.13. The third-order valence-electron chi connectivity index (χ3n) is 2.03. The number of hydrogen-bond acceptors (Lipinski definition) is 5. The van der Waals surface area contributed by atoms with Gasteiger partial charge in [-0.1, -0.05) is 0 Å². The molecule has 0 heterocycles. The number of hydrogen-bond donors (Lipinski definition) is 1. The van der Waals surface area contributed by atoms with Crippen LogP contribution in [0, 0.1) is 0 Å². The predicted molar refractivity (Wildman–Crippen MR) is 63.6 cm³/mol.